The van der Waals surface area contributed by atoms with Gasteiger partial charge in [-0.2, -0.15) is 5.26 Å². The van der Waals surface area contributed by atoms with Gasteiger partial charge < -0.3 is 14.8 Å². The topological polar surface area (TPSA) is 99.0 Å². The summed E-state index contributed by atoms with van der Waals surface area (Å²) in [6.07, 6.45) is 1.63. The molecule has 3 rings (SSSR count). The Morgan fingerprint density at radius 3 is 2.77 bits per heavy atom. The van der Waals surface area contributed by atoms with E-state index < -0.39 is 12.6 Å². The maximum atomic E-state index is 10.7. The molecule has 26 heavy (non-hydrogen) atoms. The number of aromatic nitrogens is 2. The molecule has 1 aromatic heterocycles. The molecule has 0 fully saturated rings. The standard InChI is InChI=1S/C20H17N3O3/c1-12-7-16-17(8-13(12)2)23-20(22-16)15(10-21)9-14-5-3-4-6-18(14)26-11-19(24)25/h3-9H,11H2,1-2H3,(H,22,23)(H,24,25). The Morgan fingerprint density at radius 1 is 1.31 bits per heavy atom. The summed E-state index contributed by atoms with van der Waals surface area (Å²) in [5.41, 5.74) is 4.87. The van der Waals surface area contributed by atoms with Crippen molar-refractivity contribution in [2.45, 2.75) is 13.8 Å². The van der Waals surface area contributed by atoms with Crippen molar-refractivity contribution in [3.8, 4) is 11.8 Å². The molecule has 130 valence electrons. The first kappa shape index (κ1) is 17.2. The third kappa shape index (κ3) is 3.57. The van der Waals surface area contributed by atoms with Crippen molar-refractivity contribution in [2.24, 2.45) is 0 Å². The minimum absolute atomic E-state index is 0.336. The van der Waals surface area contributed by atoms with Crippen LogP contribution in [-0.4, -0.2) is 27.7 Å². The van der Waals surface area contributed by atoms with Crippen LogP contribution < -0.4 is 4.74 Å². The van der Waals surface area contributed by atoms with Crippen LogP contribution in [0, 0.1) is 25.2 Å². The van der Waals surface area contributed by atoms with Crippen LogP contribution in [0.3, 0.4) is 0 Å². The molecule has 0 aliphatic heterocycles. The van der Waals surface area contributed by atoms with Gasteiger partial charge in [-0.15, -0.1) is 0 Å². The molecule has 2 aromatic carbocycles. The van der Waals surface area contributed by atoms with Gasteiger partial charge in [0.1, 0.15) is 17.6 Å². The summed E-state index contributed by atoms with van der Waals surface area (Å²) >= 11 is 0. The van der Waals surface area contributed by atoms with Crippen LogP contribution in [0.25, 0.3) is 22.7 Å². The molecule has 0 amide bonds. The average molecular weight is 347 g/mol. The minimum atomic E-state index is -1.06. The molecule has 0 aliphatic rings. The minimum Gasteiger partial charge on any atom is -0.481 e. The molecule has 0 saturated carbocycles. The van der Waals surface area contributed by atoms with Crippen molar-refractivity contribution in [2.75, 3.05) is 6.61 Å². The normalized spacial score (nSPS) is 11.3. The molecular formula is C20H17N3O3. The first-order chi connectivity index (χ1) is 12.5. The third-order valence-electron chi connectivity index (χ3n) is 4.04. The number of fused-ring (bicyclic) bond motifs is 1. The zero-order chi connectivity index (χ0) is 18.7. The monoisotopic (exact) mass is 347 g/mol. The lowest BCUT2D eigenvalue weighted by molar-refractivity contribution is -0.139. The number of H-pyrrole nitrogens is 1. The number of nitrogens with zero attached hydrogens (tertiary/aromatic N) is 2. The number of aliphatic carboxylic acids is 1. The van der Waals surface area contributed by atoms with Crippen molar-refractivity contribution in [3.63, 3.8) is 0 Å². The number of carboxylic acid groups (broad SMARTS) is 1. The van der Waals surface area contributed by atoms with E-state index >= 15 is 0 Å². The summed E-state index contributed by atoms with van der Waals surface area (Å²) in [6, 6.07) is 13.1. The van der Waals surface area contributed by atoms with Gasteiger partial charge in [0.15, 0.2) is 6.61 Å². The van der Waals surface area contributed by atoms with Crippen LogP contribution in [0.2, 0.25) is 0 Å². The maximum absolute atomic E-state index is 10.7. The van der Waals surface area contributed by atoms with Crippen LogP contribution in [0.4, 0.5) is 0 Å². The summed E-state index contributed by atoms with van der Waals surface area (Å²) in [5.74, 6) is -0.210. The van der Waals surface area contributed by atoms with Gasteiger partial charge >= 0.3 is 5.97 Å². The lowest BCUT2D eigenvalue weighted by atomic mass is 10.1. The summed E-state index contributed by atoms with van der Waals surface area (Å²) in [4.78, 5) is 18.4. The highest BCUT2D eigenvalue weighted by molar-refractivity contribution is 5.91. The summed E-state index contributed by atoms with van der Waals surface area (Å²) in [7, 11) is 0. The number of benzene rings is 2. The molecule has 2 N–H and O–H groups in total. The molecule has 1 heterocycles. The van der Waals surface area contributed by atoms with Crippen molar-refractivity contribution >= 4 is 28.7 Å². The van der Waals surface area contributed by atoms with E-state index in [-0.39, 0.29) is 0 Å². The van der Waals surface area contributed by atoms with E-state index in [1.165, 1.54) is 0 Å². The summed E-state index contributed by atoms with van der Waals surface area (Å²) < 4.78 is 5.29. The second kappa shape index (κ2) is 7.11. The number of carbonyl (C=O) groups is 1. The van der Waals surface area contributed by atoms with Crippen LogP contribution in [0.5, 0.6) is 5.75 Å². The Bertz CT molecular complexity index is 1020. The number of hydrogen-bond acceptors (Lipinski definition) is 4. The Morgan fingerprint density at radius 2 is 2.04 bits per heavy atom. The summed E-state index contributed by atoms with van der Waals surface area (Å²) in [5, 5.41) is 18.4. The molecule has 0 bridgehead atoms. The fourth-order valence-corrected chi connectivity index (χ4v) is 2.58. The van der Waals surface area contributed by atoms with Crippen LogP contribution in [-0.2, 0) is 4.79 Å². The largest absolute Gasteiger partial charge is 0.481 e. The Balaban J connectivity index is 2.02. The predicted molar refractivity (Wildman–Crippen MR) is 98.6 cm³/mol. The van der Waals surface area contributed by atoms with Gasteiger partial charge in [-0.3, -0.25) is 0 Å². The predicted octanol–water partition coefficient (Wildman–Crippen LogP) is 3.71. The van der Waals surface area contributed by atoms with E-state index in [1.54, 1.807) is 30.3 Å². The second-order valence-corrected chi connectivity index (χ2v) is 5.93. The Labute approximate surface area is 150 Å². The van der Waals surface area contributed by atoms with Gasteiger partial charge in [0.25, 0.3) is 0 Å². The lowest BCUT2D eigenvalue weighted by Crippen LogP contribution is -2.09. The number of aromatic amines is 1. The number of para-hydroxylation sites is 1. The molecule has 0 saturated heterocycles. The van der Waals surface area contributed by atoms with E-state index in [9.17, 15) is 10.1 Å². The molecule has 0 aliphatic carbocycles. The smallest absolute Gasteiger partial charge is 0.341 e. The van der Waals surface area contributed by atoms with E-state index in [1.807, 2.05) is 26.0 Å². The number of rotatable bonds is 5. The molecular weight excluding hydrogens is 330 g/mol. The molecule has 0 unspecified atom stereocenters. The van der Waals surface area contributed by atoms with Crippen molar-refractivity contribution in [1.29, 1.82) is 5.26 Å². The molecule has 6 heteroatoms. The SMILES string of the molecule is Cc1cc2nc(C(C#N)=Cc3ccccc3OCC(=O)O)[nH]c2cc1C. The first-order valence-corrected chi connectivity index (χ1v) is 8.00. The van der Waals surface area contributed by atoms with E-state index in [2.05, 4.69) is 16.0 Å². The fourth-order valence-electron chi connectivity index (χ4n) is 2.58. The van der Waals surface area contributed by atoms with Crippen molar-refractivity contribution < 1.29 is 14.6 Å². The number of carboxylic acids is 1. The number of ether oxygens (including phenoxy) is 1. The molecule has 3 aromatic rings. The average Bonchev–Trinajstić information content (AvgIpc) is 3.01. The van der Waals surface area contributed by atoms with Crippen LogP contribution >= 0.6 is 0 Å². The van der Waals surface area contributed by atoms with E-state index in [0.717, 1.165) is 22.2 Å². The maximum Gasteiger partial charge on any atom is 0.341 e. The van der Waals surface area contributed by atoms with Crippen molar-refractivity contribution in [1.82, 2.24) is 9.97 Å². The van der Waals surface area contributed by atoms with E-state index in [4.69, 9.17) is 9.84 Å². The van der Waals surface area contributed by atoms with Crippen LogP contribution in [0.15, 0.2) is 36.4 Å². The van der Waals surface area contributed by atoms with Gasteiger partial charge in [-0.05, 0) is 49.2 Å². The van der Waals surface area contributed by atoms with Gasteiger partial charge in [-0.25, -0.2) is 9.78 Å². The molecule has 6 nitrogen and oxygen atoms in total. The van der Waals surface area contributed by atoms with Gasteiger partial charge in [0.2, 0.25) is 0 Å². The second-order valence-electron chi connectivity index (χ2n) is 5.93. The zero-order valence-electron chi connectivity index (χ0n) is 14.4. The highest BCUT2D eigenvalue weighted by Gasteiger charge is 2.11. The number of allylic oxidation sites excluding steroid dienone is 1. The lowest BCUT2D eigenvalue weighted by Gasteiger charge is -2.07. The van der Waals surface area contributed by atoms with Gasteiger partial charge in [-0.1, -0.05) is 18.2 Å². The van der Waals surface area contributed by atoms with Gasteiger partial charge in [0, 0.05) is 5.56 Å². The number of nitrogens with one attached hydrogen (secondary N) is 1. The zero-order valence-corrected chi connectivity index (χ0v) is 14.4. The molecule has 0 atom stereocenters. The molecule has 0 spiro atoms. The summed E-state index contributed by atoms with van der Waals surface area (Å²) in [6.45, 7) is 3.59. The highest BCUT2D eigenvalue weighted by atomic mass is 16.5. The number of aryl methyl sites for hydroxylation is 2. The Kier molecular flexibility index (Phi) is 4.72. The van der Waals surface area contributed by atoms with Gasteiger partial charge in [0.05, 0.1) is 16.6 Å². The fraction of sp³-hybridized carbons (Fsp3) is 0.150. The highest BCUT2D eigenvalue weighted by Crippen LogP contribution is 2.25. The number of imidazole rings is 1. The quantitative estimate of drug-likeness (QED) is 0.686. The van der Waals surface area contributed by atoms with Crippen molar-refractivity contribution in [3.05, 3.63) is 58.9 Å². The van der Waals surface area contributed by atoms with Crippen LogP contribution in [0.1, 0.15) is 22.5 Å². The van der Waals surface area contributed by atoms with E-state index in [0.29, 0.717) is 22.7 Å². The number of nitriles is 1. The first-order valence-electron chi connectivity index (χ1n) is 8.00. The third-order valence-corrected chi connectivity index (χ3v) is 4.04. The molecule has 0 radical (unpaired) electrons. The number of hydrogen-bond donors (Lipinski definition) is 2. The Hall–Kier alpha value is -3.59.